The summed E-state index contributed by atoms with van der Waals surface area (Å²) < 4.78 is 11.1. The van der Waals surface area contributed by atoms with Gasteiger partial charge in [-0.3, -0.25) is 0 Å². The van der Waals surface area contributed by atoms with Gasteiger partial charge in [-0.05, 0) is 56.8 Å². The molecule has 0 radical (unpaired) electrons. The molecule has 3 heteroatoms. The summed E-state index contributed by atoms with van der Waals surface area (Å²) in [5.41, 5.74) is 2.48. The molecule has 1 N–H and O–H groups in total. The molecule has 0 spiro atoms. The van der Waals surface area contributed by atoms with E-state index in [1.165, 1.54) is 24.0 Å². The average molecular weight is 263 g/mol. The first-order valence-corrected chi connectivity index (χ1v) is 7.18. The van der Waals surface area contributed by atoms with E-state index in [4.69, 9.17) is 9.47 Å². The van der Waals surface area contributed by atoms with Crippen LogP contribution >= 0.6 is 0 Å². The highest BCUT2D eigenvalue weighted by molar-refractivity contribution is 5.37. The van der Waals surface area contributed by atoms with E-state index in [1.807, 2.05) is 7.05 Å². The molecule has 1 aromatic carbocycles. The Labute approximate surface area is 116 Å². The van der Waals surface area contributed by atoms with Gasteiger partial charge in [0.25, 0.3) is 0 Å². The average Bonchev–Trinajstić information content (AvgIpc) is 2.94. The summed E-state index contributed by atoms with van der Waals surface area (Å²) in [6.45, 7) is 3.01. The zero-order valence-electron chi connectivity index (χ0n) is 12.2. The van der Waals surface area contributed by atoms with Gasteiger partial charge in [0.2, 0.25) is 0 Å². The largest absolute Gasteiger partial charge is 0.496 e. The van der Waals surface area contributed by atoms with Crippen LogP contribution in [0.1, 0.15) is 42.9 Å². The summed E-state index contributed by atoms with van der Waals surface area (Å²) in [6.07, 6.45) is 5.12. The van der Waals surface area contributed by atoms with Gasteiger partial charge in [0.05, 0.1) is 13.2 Å². The Kier molecular flexibility index (Phi) is 5.23. The first-order chi connectivity index (χ1) is 9.24. The number of rotatable bonds is 6. The van der Waals surface area contributed by atoms with Crippen molar-refractivity contribution in [2.45, 2.75) is 44.8 Å². The minimum Gasteiger partial charge on any atom is -0.496 e. The molecule has 19 heavy (non-hydrogen) atoms. The van der Waals surface area contributed by atoms with Crippen molar-refractivity contribution in [1.82, 2.24) is 5.32 Å². The lowest BCUT2D eigenvalue weighted by atomic mass is 9.98. The molecule has 0 amide bonds. The number of hydrogen-bond donors (Lipinski definition) is 1. The quantitative estimate of drug-likeness (QED) is 0.855. The molecule has 0 bridgehead atoms. The molecule has 1 aliphatic heterocycles. The molecule has 0 aliphatic carbocycles. The lowest BCUT2D eigenvalue weighted by Crippen LogP contribution is -2.18. The van der Waals surface area contributed by atoms with Crippen LogP contribution in [0.4, 0.5) is 0 Å². The first kappa shape index (κ1) is 14.4. The normalized spacial score (nSPS) is 20.5. The van der Waals surface area contributed by atoms with Crippen LogP contribution in [0.15, 0.2) is 18.2 Å². The molecule has 0 saturated carbocycles. The highest BCUT2D eigenvalue weighted by atomic mass is 16.5. The van der Waals surface area contributed by atoms with E-state index >= 15 is 0 Å². The van der Waals surface area contributed by atoms with Crippen LogP contribution in [-0.2, 0) is 4.74 Å². The maximum absolute atomic E-state index is 5.70. The zero-order chi connectivity index (χ0) is 13.7. The Morgan fingerprint density at radius 2 is 2.32 bits per heavy atom. The predicted molar refractivity (Wildman–Crippen MR) is 77.7 cm³/mol. The van der Waals surface area contributed by atoms with Crippen molar-refractivity contribution in [2.75, 3.05) is 20.8 Å². The van der Waals surface area contributed by atoms with E-state index < -0.39 is 0 Å². The van der Waals surface area contributed by atoms with Gasteiger partial charge in [0.1, 0.15) is 5.75 Å². The van der Waals surface area contributed by atoms with Crippen molar-refractivity contribution >= 4 is 0 Å². The maximum Gasteiger partial charge on any atom is 0.122 e. The van der Waals surface area contributed by atoms with Crippen LogP contribution in [0.5, 0.6) is 5.75 Å². The van der Waals surface area contributed by atoms with Gasteiger partial charge in [-0.15, -0.1) is 0 Å². The summed E-state index contributed by atoms with van der Waals surface area (Å²) in [5.74, 6) is 0.967. The summed E-state index contributed by atoms with van der Waals surface area (Å²) in [5, 5.41) is 3.40. The second-order valence-corrected chi connectivity index (χ2v) is 5.28. The second kappa shape index (κ2) is 6.92. The maximum atomic E-state index is 5.70. The van der Waals surface area contributed by atoms with Crippen LogP contribution in [0.3, 0.4) is 0 Å². The number of hydrogen-bond acceptors (Lipinski definition) is 3. The Balaban J connectivity index is 1.99. The summed E-state index contributed by atoms with van der Waals surface area (Å²) >= 11 is 0. The van der Waals surface area contributed by atoms with Crippen molar-refractivity contribution < 1.29 is 9.47 Å². The van der Waals surface area contributed by atoms with E-state index in [-0.39, 0.29) is 0 Å². The molecule has 1 saturated heterocycles. The number of benzene rings is 1. The Morgan fingerprint density at radius 1 is 1.47 bits per heavy atom. The smallest absolute Gasteiger partial charge is 0.122 e. The topological polar surface area (TPSA) is 30.5 Å². The lowest BCUT2D eigenvalue weighted by molar-refractivity contribution is 0.0998. The molecule has 106 valence electrons. The lowest BCUT2D eigenvalue weighted by Gasteiger charge is -2.20. The molecule has 1 heterocycles. The van der Waals surface area contributed by atoms with E-state index in [0.717, 1.165) is 25.2 Å². The number of nitrogens with one attached hydrogen (secondary N) is 1. The fraction of sp³-hybridized carbons (Fsp3) is 0.625. The third kappa shape index (κ3) is 3.71. The fourth-order valence-corrected chi connectivity index (χ4v) is 2.76. The van der Waals surface area contributed by atoms with E-state index in [2.05, 4.69) is 30.4 Å². The number of methoxy groups -OCH3 is 1. The van der Waals surface area contributed by atoms with E-state index in [9.17, 15) is 0 Å². The minimum atomic E-state index is 0.374. The van der Waals surface area contributed by atoms with Crippen LogP contribution < -0.4 is 10.1 Å². The molecule has 0 aromatic heterocycles. The Hall–Kier alpha value is -1.06. The molecular formula is C16H25NO2. The van der Waals surface area contributed by atoms with E-state index in [1.54, 1.807) is 7.11 Å². The summed E-state index contributed by atoms with van der Waals surface area (Å²) in [6, 6.07) is 6.84. The minimum absolute atomic E-state index is 0.374. The molecule has 2 atom stereocenters. The Morgan fingerprint density at radius 3 is 2.95 bits per heavy atom. The van der Waals surface area contributed by atoms with Crippen molar-refractivity contribution in [3.63, 3.8) is 0 Å². The van der Waals surface area contributed by atoms with Gasteiger partial charge in [-0.1, -0.05) is 12.1 Å². The molecule has 2 unspecified atom stereocenters. The Bertz CT molecular complexity index is 400. The molecule has 1 aliphatic rings. The third-order valence-electron chi connectivity index (χ3n) is 3.98. The molecular weight excluding hydrogens is 238 g/mol. The van der Waals surface area contributed by atoms with Crippen molar-refractivity contribution in [2.24, 2.45) is 0 Å². The van der Waals surface area contributed by atoms with Gasteiger partial charge in [-0.25, -0.2) is 0 Å². The van der Waals surface area contributed by atoms with Crippen LogP contribution in [-0.4, -0.2) is 26.9 Å². The molecule has 2 rings (SSSR count). The fourth-order valence-electron chi connectivity index (χ4n) is 2.76. The number of aryl methyl sites for hydroxylation is 1. The second-order valence-electron chi connectivity index (χ2n) is 5.28. The monoisotopic (exact) mass is 263 g/mol. The van der Waals surface area contributed by atoms with Gasteiger partial charge in [0, 0.05) is 12.6 Å². The first-order valence-electron chi connectivity index (χ1n) is 7.18. The van der Waals surface area contributed by atoms with Gasteiger partial charge in [-0.2, -0.15) is 0 Å². The third-order valence-corrected chi connectivity index (χ3v) is 3.98. The standard InChI is InChI=1S/C16H25NO2/c1-12-6-7-13(11-16(12)18-3)15(17-2)9-8-14-5-4-10-19-14/h6-7,11,14-15,17H,4-5,8-10H2,1-3H3. The molecule has 1 fully saturated rings. The van der Waals surface area contributed by atoms with Gasteiger partial charge < -0.3 is 14.8 Å². The van der Waals surface area contributed by atoms with Crippen molar-refractivity contribution in [1.29, 1.82) is 0 Å². The van der Waals surface area contributed by atoms with Crippen LogP contribution in [0, 0.1) is 6.92 Å². The van der Waals surface area contributed by atoms with Gasteiger partial charge >= 0.3 is 0 Å². The highest BCUT2D eigenvalue weighted by Crippen LogP contribution is 2.27. The van der Waals surface area contributed by atoms with Crippen molar-refractivity contribution in [3.05, 3.63) is 29.3 Å². The van der Waals surface area contributed by atoms with E-state index in [0.29, 0.717) is 12.1 Å². The SMILES string of the molecule is CNC(CCC1CCCO1)c1ccc(C)c(OC)c1. The van der Waals surface area contributed by atoms with Gasteiger partial charge in [0.15, 0.2) is 0 Å². The van der Waals surface area contributed by atoms with Crippen molar-refractivity contribution in [3.8, 4) is 5.75 Å². The van der Waals surface area contributed by atoms with Crippen LogP contribution in [0.2, 0.25) is 0 Å². The van der Waals surface area contributed by atoms with Crippen LogP contribution in [0.25, 0.3) is 0 Å². The molecule has 1 aromatic rings. The summed E-state index contributed by atoms with van der Waals surface area (Å²) in [7, 11) is 3.75. The highest BCUT2D eigenvalue weighted by Gasteiger charge is 2.18. The predicted octanol–water partition coefficient (Wildman–Crippen LogP) is 3.22. The summed E-state index contributed by atoms with van der Waals surface area (Å²) in [4.78, 5) is 0. The number of ether oxygens (including phenoxy) is 2. The zero-order valence-corrected chi connectivity index (χ0v) is 12.2. The molecule has 3 nitrogen and oxygen atoms in total.